The number of likely N-dealkylation sites (tertiary alicyclic amines) is 1. The van der Waals surface area contributed by atoms with E-state index in [1.807, 2.05) is 30.3 Å². The van der Waals surface area contributed by atoms with E-state index in [1.54, 1.807) is 0 Å². The second-order valence-corrected chi connectivity index (χ2v) is 9.27. The number of unbranched alkanes of at least 4 members (excludes halogenated alkanes) is 1. The van der Waals surface area contributed by atoms with E-state index in [0.29, 0.717) is 51.6 Å². The molecular weight excluding hydrogens is 450 g/mol. The first kappa shape index (κ1) is 26.6. The molecule has 0 radical (unpaired) electrons. The van der Waals surface area contributed by atoms with E-state index in [-0.39, 0.29) is 18.4 Å². The molecule has 0 aromatic heterocycles. The minimum absolute atomic E-state index is 0.241. The fourth-order valence-electron chi connectivity index (χ4n) is 4.75. The number of carbonyl (C=O) groups excluding carboxylic acids is 3. The van der Waals surface area contributed by atoms with Crippen LogP contribution < -0.4 is 21.7 Å². The number of aliphatic carboxylic acids is 1. The van der Waals surface area contributed by atoms with Crippen molar-refractivity contribution in [1.29, 1.82) is 0 Å². The zero-order valence-corrected chi connectivity index (χ0v) is 20.1. The summed E-state index contributed by atoms with van der Waals surface area (Å²) in [6.45, 7) is 1.56. The highest BCUT2D eigenvalue weighted by atomic mass is 16.4. The van der Waals surface area contributed by atoms with Crippen LogP contribution >= 0.6 is 0 Å². The van der Waals surface area contributed by atoms with E-state index in [0.717, 1.165) is 18.5 Å². The first-order valence-corrected chi connectivity index (χ1v) is 12.5. The second-order valence-electron chi connectivity index (χ2n) is 9.27. The lowest BCUT2D eigenvalue weighted by molar-refractivity contribution is -0.149. The first-order chi connectivity index (χ1) is 16.9. The minimum atomic E-state index is -1.04. The molecule has 2 aliphatic heterocycles. The van der Waals surface area contributed by atoms with Crippen molar-refractivity contribution in [1.82, 2.24) is 20.9 Å². The van der Waals surface area contributed by atoms with Crippen LogP contribution in [-0.2, 0) is 25.6 Å². The fourth-order valence-corrected chi connectivity index (χ4v) is 4.75. The van der Waals surface area contributed by atoms with Gasteiger partial charge in [0, 0.05) is 13.0 Å². The van der Waals surface area contributed by atoms with Crippen molar-refractivity contribution in [2.24, 2.45) is 5.73 Å². The van der Waals surface area contributed by atoms with E-state index < -0.39 is 35.9 Å². The number of hydrogen-bond donors (Lipinski definition) is 5. The summed E-state index contributed by atoms with van der Waals surface area (Å²) in [6, 6.07) is 6.39. The van der Waals surface area contributed by atoms with Crippen LogP contribution in [0.25, 0.3) is 0 Å². The number of nitrogens with two attached hydrogens (primary N) is 1. The molecule has 1 aromatic rings. The van der Waals surface area contributed by atoms with Crippen LogP contribution in [0.4, 0.5) is 0 Å². The summed E-state index contributed by atoms with van der Waals surface area (Å²) in [4.78, 5) is 52.5. The number of benzene rings is 1. The van der Waals surface area contributed by atoms with Crippen LogP contribution in [0.1, 0.15) is 50.5 Å². The van der Waals surface area contributed by atoms with Crippen LogP contribution in [0.15, 0.2) is 30.3 Å². The molecule has 10 nitrogen and oxygen atoms in total. The van der Waals surface area contributed by atoms with Crippen molar-refractivity contribution >= 4 is 23.7 Å². The SMILES string of the molecule is NCCCCC(NC(=O)C(Cc1ccccc1)NC(=O)C1CCCN1)C(=O)N1CCCC1C(=O)O. The van der Waals surface area contributed by atoms with Gasteiger partial charge in [-0.25, -0.2) is 4.79 Å². The van der Waals surface area contributed by atoms with E-state index in [2.05, 4.69) is 16.0 Å². The normalized spacial score (nSPS) is 21.3. The van der Waals surface area contributed by atoms with Gasteiger partial charge in [0.1, 0.15) is 18.1 Å². The monoisotopic (exact) mass is 487 g/mol. The van der Waals surface area contributed by atoms with Gasteiger partial charge in [-0.15, -0.1) is 0 Å². The van der Waals surface area contributed by atoms with Crippen molar-refractivity contribution in [2.75, 3.05) is 19.6 Å². The number of nitrogens with one attached hydrogen (secondary N) is 3. The molecule has 2 fully saturated rings. The standard InChI is InChI=1S/C25H37N5O5/c26-13-5-4-10-19(24(33)30-15-7-12-21(30)25(34)35)28-23(32)20(16-17-8-2-1-3-9-17)29-22(31)18-11-6-14-27-18/h1-3,8-9,18-21,27H,4-7,10-16,26H2,(H,28,32)(H,29,31)(H,34,35). The minimum Gasteiger partial charge on any atom is -0.480 e. The van der Waals surface area contributed by atoms with Gasteiger partial charge in [0.25, 0.3) is 0 Å². The van der Waals surface area contributed by atoms with Crippen molar-refractivity contribution in [3.8, 4) is 0 Å². The molecule has 2 aliphatic rings. The number of nitrogens with zero attached hydrogens (tertiary/aromatic N) is 1. The largest absolute Gasteiger partial charge is 0.480 e. The summed E-state index contributed by atoms with van der Waals surface area (Å²) in [5.41, 5.74) is 6.49. The third-order valence-corrected chi connectivity index (χ3v) is 6.67. The molecule has 3 rings (SSSR count). The fraction of sp³-hybridized carbons (Fsp3) is 0.600. The van der Waals surface area contributed by atoms with E-state index >= 15 is 0 Å². The summed E-state index contributed by atoms with van der Waals surface area (Å²) < 4.78 is 0. The maximum absolute atomic E-state index is 13.4. The van der Waals surface area contributed by atoms with Crippen LogP contribution in [0.5, 0.6) is 0 Å². The van der Waals surface area contributed by atoms with Crippen LogP contribution in [0.3, 0.4) is 0 Å². The van der Waals surface area contributed by atoms with Gasteiger partial charge in [-0.05, 0) is 63.6 Å². The predicted octanol–water partition coefficient (Wildman–Crippen LogP) is 0.155. The second kappa shape index (κ2) is 13.2. The highest BCUT2D eigenvalue weighted by Crippen LogP contribution is 2.20. The third-order valence-electron chi connectivity index (χ3n) is 6.67. The Labute approximate surface area is 206 Å². The number of rotatable bonds is 12. The average Bonchev–Trinajstić information content (AvgIpc) is 3.56. The molecule has 1 aromatic carbocycles. The van der Waals surface area contributed by atoms with Gasteiger partial charge in [0.15, 0.2) is 0 Å². The Bertz CT molecular complexity index is 874. The average molecular weight is 488 g/mol. The van der Waals surface area contributed by atoms with Crippen LogP contribution in [-0.4, -0.2) is 77.5 Å². The molecule has 0 saturated carbocycles. The Morgan fingerprint density at radius 2 is 1.83 bits per heavy atom. The molecule has 10 heteroatoms. The number of hydrogen-bond acceptors (Lipinski definition) is 6. The van der Waals surface area contributed by atoms with E-state index in [4.69, 9.17) is 5.73 Å². The summed E-state index contributed by atoms with van der Waals surface area (Å²) in [5, 5.41) is 18.3. The molecule has 0 aliphatic carbocycles. The quantitative estimate of drug-likeness (QED) is 0.263. The molecule has 4 atom stereocenters. The summed E-state index contributed by atoms with van der Waals surface area (Å²) in [7, 11) is 0. The summed E-state index contributed by atoms with van der Waals surface area (Å²) in [6.07, 6.45) is 4.51. The summed E-state index contributed by atoms with van der Waals surface area (Å²) >= 11 is 0. The highest BCUT2D eigenvalue weighted by molar-refractivity contribution is 5.94. The van der Waals surface area contributed by atoms with Gasteiger partial charge in [0.2, 0.25) is 17.7 Å². The van der Waals surface area contributed by atoms with Gasteiger partial charge in [0.05, 0.1) is 6.04 Å². The number of carbonyl (C=O) groups is 4. The molecule has 192 valence electrons. The van der Waals surface area contributed by atoms with Gasteiger partial charge in [-0.3, -0.25) is 14.4 Å². The Balaban J connectivity index is 1.75. The molecule has 3 amide bonds. The predicted molar refractivity (Wildman–Crippen MR) is 130 cm³/mol. The smallest absolute Gasteiger partial charge is 0.326 e. The Morgan fingerprint density at radius 1 is 1.06 bits per heavy atom. The number of carboxylic acid groups (broad SMARTS) is 1. The van der Waals surface area contributed by atoms with Crippen LogP contribution in [0, 0.1) is 0 Å². The summed E-state index contributed by atoms with van der Waals surface area (Å²) in [5.74, 6) is -2.14. The lowest BCUT2D eigenvalue weighted by Gasteiger charge is -2.29. The van der Waals surface area contributed by atoms with E-state index in [9.17, 15) is 24.3 Å². The van der Waals surface area contributed by atoms with Gasteiger partial charge in [-0.2, -0.15) is 0 Å². The molecular formula is C25H37N5O5. The van der Waals surface area contributed by atoms with Crippen molar-refractivity contribution < 1.29 is 24.3 Å². The van der Waals surface area contributed by atoms with Crippen molar-refractivity contribution in [3.05, 3.63) is 35.9 Å². The van der Waals surface area contributed by atoms with Crippen LogP contribution in [0.2, 0.25) is 0 Å². The van der Waals surface area contributed by atoms with Crippen molar-refractivity contribution in [3.63, 3.8) is 0 Å². The molecule has 6 N–H and O–H groups in total. The Hall–Kier alpha value is -2.98. The molecule has 2 heterocycles. The molecule has 4 unspecified atom stereocenters. The number of amides is 3. The lowest BCUT2D eigenvalue weighted by Crippen LogP contribution is -2.57. The molecule has 35 heavy (non-hydrogen) atoms. The zero-order chi connectivity index (χ0) is 25.2. The topological polar surface area (TPSA) is 154 Å². The Kier molecular flexibility index (Phi) is 10.0. The zero-order valence-electron chi connectivity index (χ0n) is 20.1. The van der Waals surface area contributed by atoms with Gasteiger partial charge >= 0.3 is 5.97 Å². The maximum Gasteiger partial charge on any atom is 0.326 e. The number of carboxylic acids is 1. The lowest BCUT2D eigenvalue weighted by atomic mass is 10.0. The van der Waals surface area contributed by atoms with Crippen molar-refractivity contribution in [2.45, 2.75) is 75.5 Å². The third kappa shape index (κ3) is 7.50. The van der Waals surface area contributed by atoms with E-state index in [1.165, 1.54) is 4.90 Å². The Morgan fingerprint density at radius 3 is 2.49 bits per heavy atom. The molecule has 0 spiro atoms. The highest BCUT2D eigenvalue weighted by Gasteiger charge is 2.38. The molecule has 2 saturated heterocycles. The van der Waals surface area contributed by atoms with Gasteiger partial charge < -0.3 is 31.7 Å². The first-order valence-electron chi connectivity index (χ1n) is 12.5. The van der Waals surface area contributed by atoms with Gasteiger partial charge in [-0.1, -0.05) is 30.3 Å². The molecule has 0 bridgehead atoms. The maximum atomic E-state index is 13.4.